The number of benzene rings is 7. The molecule has 0 amide bonds. The molecule has 1 nitrogen and oxygen atoms in total. The van der Waals surface area contributed by atoms with Gasteiger partial charge in [-0.05, 0) is 116 Å². The molecule has 50 heavy (non-hydrogen) atoms. The second-order valence-electron chi connectivity index (χ2n) is 13.0. The molecule has 0 radical (unpaired) electrons. The van der Waals surface area contributed by atoms with Gasteiger partial charge < -0.3 is 4.42 Å². The third kappa shape index (κ3) is 4.75. The van der Waals surface area contributed by atoms with E-state index in [1.165, 1.54) is 69.0 Å². The number of thiophene rings is 1. The van der Waals surface area contributed by atoms with E-state index in [0.717, 1.165) is 38.8 Å². The molecule has 0 aliphatic heterocycles. The predicted molar refractivity (Wildman–Crippen MR) is 221 cm³/mol. The van der Waals surface area contributed by atoms with Gasteiger partial charge in [0.2, 0.25) is 0 Å². The summed E-state index contributed by atoms with van der Waals surface area (Å²) in [4.78, 5) is 0. The summed E-state index contributed by atoms with van der Waals surface area (Å²) in [7, 11) is 0. The van der Waals surface area contributed by atoms with E-state index in [2.05, 4.69) is 161 Å². The van der Waals surface area contributed by atoms with E-state index < -0.39 is 0 Å². The molecule has 2 heterocycles. The topological polar surface area (TPSA) is 13.1 Å². The Morgan fingerprint density at radius 1 is 0.580 bits per heavy atom. The average Bonchev–Trinajstić information content (AvgIpc) is 3.71. The SMILES string of the molecule is C=C(/C=C\C(=C)c1c2ccccc2c(/C(C)=C/C=C\C)c2ccccc12)c1ccc2sc3cc4ccc5oc6ccccc6c5c4cc3c2c1. The van der Waals surface area contributed by atoms with E-state index in [0.29, 0.717) is 0 Å². The van der Waals surface area contributed by atoms with Crippen LogP contribution in [0.4, 0.5) is 0 Å². The molecule has 7 aromatic carbocycles. The van der Waals surface area contributed by atoms with Crippen molar-refractivity contribution in [3.05, 3.63) is 175 Å². The van der Waals surface area contributed by atoms with Gasteiger partial charge in [-0.2, -0.15) is 0 Å². The monoisotopic (exact) mass is 658 g/mol. The number of para-hydroxylation sites is 1. The van der Waals surface area contributed by atoms with Gasteiger partial charge in [0.1, 0.15) is 11.2 Å². The van der Waals surface area contributed by atoms with Crippen molar-refractivity contribution in [2.75, 3.05) is 0 Å². The van der Waals surface area contributed by atoms with Crippen LogP contribution >= 0.6 is 11.3 Å². The van der Waals surface area contributed by atoms with Gasteiger partial charge in [-0.3, -0.25) is 0 Å². The minimum atomic E-state index is 0.922. The normalized spacial score (nSPS) is 12.7. The fourth-order valence-corrected chi connectivity index (χ4v) is 8.74. The van der Waals surface area contributed by atoms with Crippen LogP contribution in [-0.4, -0.2) is 0 Å². The Hall–Kier alpha value is -5.96. The van der Waals surface area contributed by atoms with Crippen molar-refractivity contribution >= 4 is 102 Å². The van der Waals surface area contributed by atoms with Gasteiger partial charge >= 0.3 is 0 Å². The smallest absolute Gasteiger partial charge is 0.136 e. The molecule has 238 valence electrons. The predicted octanol–water partition coefficient (Wildman–Crippen LogP) is 14.7. The van der Waals surface area contributed by atoms with Gasteiger partial charge in [-0.1, -0.05) is 122 Å². The summed E-state index contributed by atoms with van der Waals surface area (Å²) in [6, 6.07) is 41.4. The summed E-state index contributed by atoms with van der Waals surface area (Å²) in [6.45, 7) is 13.4. The van der Waals surface area contributed by atoms with Crippen molar-refractivity contribution in [3.63, 3.8) is 0 Å². The lowest BCUT2D eigenvalue weighted by atomic mass is 9.86. The van der Waals surface area contributed by atoms with E-state index >= 15 is 0 Å². The Balaban J connectivity index is 1.13. The van der Waals surface area contributed by atoms with E-state index in [1.54, 1.807) is 0 Å². The van der Waals surface area contributed by atoms with E-state index in [9.17, 15) is 0 Å². The van der Waals surface area contributed by atoms with Crippen LogP contribution < -0.4 is 0 Å². The number of hydrogen-bond donors (Lipinski definition) is 0. The van der Waals surface area contributed by atoms with Crippen LogP contribution in [-0.2, 0) is 0 Å². The largest absolute Gasteiger partial charge is 0.456 e. The summed E-state index contributed by atoms with van der Waals surface area (Å²) >= 11 is 1.84. The molecule has 0 saturated carbocycles. The van der Waals surface area contributed by atoms with Crippen molar-refractivity contribution in [2.24, 2.45) is 0 Å². The molecule has 0 atom stereocenters. The third-order valence-electron chi connectivity index (χ3n) is 9.99. The van der Waals surface area contributed by atoms with Crippen LogP contribution in [0, 0.1) is 0 Å². The first kappa shape index (κ1) is 30.1. The maximum atomic E-state index is 6.22. The van der Waals surface area contributed by atoms with Crippen LogP contribution in [0.15, 0.2) is 163 Å². The molecule has 9 aromatic rings. The van der Waals surface area contributed by atoms with E-state index in [1.807, 2.05) is 23.5 Å². The lowest BCUT2D eigenvalue weighted by Gasteiger charge is -2.17. The van der Waals surface area contributed by atoms with Crippen molar-refractivity contribution < 1.29 is 4.42 Å². The molecule has 0 bridgehead atoms. The maximum absolute atomic E-state index is 6.22. The Morgan fingerprint density at radius 2 is 1.22 bits per heavy atom. The Morgan fingerprint density at radius 3 is 1.94 bits per heavy atom. The fraction of sp³-hybridized carbons (Fsp3) is 0.0417. The molecule has 0 aliphatic carbocycles. The highest BCUT2D eigenvalue weighted by atomic mass is 32.1. The molecule has 0 saturated heterocycles. The molecule has 0 spiro atoms. The standard InChI is InChI=1S/C48H34OS/c1-5-6-13-30(3)46-34-14-7-9-16-36(34)47(37-17-10-8-15-35(37)46)31(4)21-20-29(2)32-23-25-44-40(26-32)41-28-39-33(27-45(41)50-44)22-24-43-48(39)38-18-11-12-19-42(38)49-43/h5-28H,2,4H2,1,3H3/b6-5-,21-20-,30-13+. The molecular formula is C48H34OS. The Kier molecular flexibility index (Phi) is 7.15. The summed E-state index contributed by atoms with van der Waals surface area (Å²) in [6.07, 6.45) is 10.6. The maximum Gasteiger partial charge on any atom is 0.136 e. The molecule has 0 aliphatic rings. The van der Waals surface area contributed by atoms with Gasteiger partial charge in [0.25, 0.3) is 0 Å². The lowest BCUT2D eigenvalue weighted by Crippen LogP contribution is -1.93. The number of allylic oxidation sites excluding steroid dienone is 8. The second-order valence-corrected chi connectivity index (χ2v) is 14.1. The van der Waals surface area contributed by atoms with Crippen molar-refractivity contribution in [2.45, 2.75) is 13.8 Å². The van der Waals surface area contributed by atoms with Gasteiger partial charge in [0.15, 0.2) is 0 Å². The third-order valence-corrected chi connectivity index (χ3v) is 11.1. The van der Waals surface area contributed by atoms with Gasteiger partial charge in [-0.15, -0.1) is 11.3 Å². The Bertz CT molecular complexity index is 2920. The summed E-state index contributed by atoms with van der Waals surface area (Å²) in [5, 5.41) is 12.2. The zero-order valence-electron chi connectivity index (χ0n) is 28.1. The average molecular weight is 659 g/mol. The Labute approximate surface area is 295 Å². The molecule has 0 unspecified atom stereocenters. The molecule has 2 heteroatoms. The molecule has 2 aromatic heterocycles. The first-order valence-electron chi connectivity index (χ1n) is 17.0. The zero-order valence-corrected chi connectivity index (χ0v) is 28.9. The van der Waals surface area contributed by atoms with Crippen LogP contribution in [0.3, 0.4) is 0 Å². The minimum absolute atomic E-state index is 0.922. The van der Waals surface area contributed by atoms with Crippen LogP contribution in [0.5, 0.6) is 0 Å². The summed E-state index contributed by atoms with van der Waals surface area (Å²) < 4.78 is 8.77. The summed E-state index contributed by atoms with van der Waals surface area (Å²) in [5.74, 6) is 0. The van der Waals surface area contributed by atoms with Crippen molar-refractivity contribution in [1.29, 1.82) is 0 Å². The minimum Gasteiger partial charge on any atom is -0.456 e. The number of rotatable bonds is 6. The van der Waals surface area contributed by atoms with E-state index in [-0.39, 0.29) is 0 Å². The van der Waals surface area contributed by atoms with Gasteiger partial charge in [0, 0.05) is 30.9 Å². The van der Waals surface area contributed by atoms with Crippen LogP contribution in [0.25, 0.3) is 91.1 Å². The number of furan rings is 1. The highest BCUT2D eigenvalue weighted by Gasteiger charge is 2.17. The van der Waals surface area contributed by atoms with E-state index in [4.69, 9.17) is 4.42 Å². The van der Waals surface area contributed by atoms with Gasteiger partial charge in [0.05, 0.1) is 0 Å². The van der Waals surface area contributed by atoms with Crippen LogP contribution in [0.2, 0.25) is 0 Å². The highest BCUT2D eigenvalue weighted by molar-refractivity contribution is 7.25. The molecular weight excluding hydrogens is 625 g/mol. The zero-order chi connectivity index (χ0) is 33.9. The van der Waals surface area contributed by atoms with Gasteiger partial charge in [-0.25, -0.2) is 0 Å². The van der Waals surface area contributed by atoms with Crippen molar-refractivity contribution in [1.82, 2.24) is 0 Å². The number of hydrogen-bond acceptors (Lipinski definition) is 2. The molecule has 0 fully saturated rings. The fourth-order valence-electron chi connectivity index (χ4n) is 7.62. The highest BCUT2D eigenvalue weighted by Crippen LogP contribution is 2.43. The second kappa shape index (κ2) is 11.9. The first-order valence-corrected chi connectivity index (χ1v) is 17.8. The number of fused-ring (bicyclic) bond motifs is 10. The lowest BCUT2D eigenvalue weighted by molar-refractivity contribution is 0.669. The van der Waals surface area contributed by atoms with Crippen LogP contribution in [0.1, 0.15) is 30.5 Å². The quantitative estimate of drug-likeness (QED) is 0.128. The molecule has 9 rings (SSSR count). The van der Waals surface area contributed by atoms with Crippen molar-refractivity contribution in [3.8, 4) is 0 Å². The first-order chi connectivity index (χ1) is 24.5. The summed E-state index contributed by atoms with van der Waals surface area (Å²) in [5.41, 5.74) is 8.53. The molecule has 0 N–H and O–H groups in total.